The molecule has 2 nitrogen and oxygen atoms in total. The van der Waals surface area contributed by atoms with Crippen LogP contribution in [0.5, 0.6) is 0 Å². The average Bonchev–Trinajstić information content (AvgIpc) is 2.73. The normalized spacial score (nSPS) is 17.8. The zero-order chi connectivity index (χ0) is 11.7. The Labute approximate surface area is 99.5 Å². The predicted molar refractivity (Wildman–Crippen MR) is 65.3 cm³/mol. The van der Waals surface area contributed by atoms with Gasteiger partial charge in [-0.2, -0.15) is 0 Å². The van der Waals surface area contributed by atoms with E-state index in [2.05, 4.69) is 10.3 Å². The maximum absolute atomic E-state index is 13.1. The minimum atomic E-state index is -0.147. The fourth-order valence-electron chi connectivity index (χ4n) is 2.39. The minimum absolute atomic E-state index is 0.147. The van der Waals surface area contributed by atoms with Crippen LogP contribution in [-0.4, -0.2) is 4.98 Å². The molecule has 1 heterocycles. The molecule has 0 amide bonds. The number of nitrogens with one attached hydrogen (secondary N) is 1. The number of aryl methyl sites for hydroxylation is 1. The fraction of sp³-hybridized carbons (Fsp3) is 0.214. The Kier molecular flexibility index (Phi) is 2.52. The summed E-state index contributed by atoms with van der Waals surface area (Å²) in [4.78, 5) is 4.07. The van der Waals surface area contributed by atoms with Crippen LogP contribution in [0, 0.1) is 5.82 Å². The lowest BCUT2D eigenvalue weighted by Gasteiger charge is -2.15. The molecule has 3 rings (SSSR count). The highest BCUT2D eigenvalue weighted by Gasteiger charge is 2.22. The van der Waals surface area contributed by atoms with Gasteiger partial charge in [0.15, 0.2) is 0 Å². The number of anilines is 1. The van der Waals surface area contributed by atoms with E-state index < -0.39 is 0 Å². The number of rotatable bonds is 2. The molecule has 0 spiro atoms. The van der Waals surface area contributed by atoms with Crippen molar-refractivity contribution in [1.82, 2.24) is 4.98 Å². The standard InChI is InChI=1S/C14H13FN2/c15-11-4-5-13-10(8-11)3-6-14(13)17-12-2-1-7-16-9-12/h1-2,4-5,7-9,14,17H,3,6H2. The van der Waals surface area contributed by atoms with E-state index in [0.717, 1.165) is 24.1 Å². The predicted octanol–water partition coefficient (Wildman–Crippen LogP) is 3.32. The highest BCUT2D eigenvalue weighted by Crippen LogP contribution is 2.33. The smallest absolute Gasteiger partial charge is 0.123 e. The molecule has 0 fully saturated rings. The molecule has 1 aromatic heterocycles. The molecule has 0 saturated heterocycles. The van der Waals surface area contributed by atoms with Crippen molar-refractivity contribution in [3.8, 4) is 0 Å². The highest BCUT2D eigenvalue weighted by atomic mass is 19.1. The maximum atomic E-state index is 13.1. The van der Waals surface area contributed by atoms with E-state index in [-0.39, 0.29) is 11.9 Å². The van der Waals surface area contributed by atoms with Gasteiger partial charge in [0.1, 0.15) is 5.82 Å². The summed E-state index contributed by atoms with van der Waals surface area (Å²) in [5, 5.41) is 3.43. The van der Waals surface area contributed by atoms with Crippen molar-refractivity contribution in [2.45, 2.75) is 18.9 Å². The quantitative estimate of drug-likeness (QED) is 0.852. The summed E-state index contributed by atoms with van der Waals surface area (Å²) in [6, 6.07) is 9.22. The van der Waals surface area contributed by atoms with E-state index in [1.54, 1.807) is 12.3 Å². The van der Waals surface area contributed by atoms with Crippen molar-refractivity contribution < 1.29 is 4.39 Å². The van der Waals surface area contributed by atoms with Crippen molar-refractivity contribution in [2.24, 2.45) is 0 Å². The molecular weight excluding hydrogens is 215 g/mol. The monoisotopic (exact) mass is 228 g/mol. The van der Waals surface area contributed by atoms with E-state index in [4.69, 9.17) is 0 Å². The van der Waals surface area contributed by atoms with E-state index in [0.29, 0.717) is 0 Å². The molecule has 1 aliphatic rings. The van der Waals surface area contributed by atoms with Crippen LogP contribution in [0.2, 0.25) is 0 Å². The van der Waals surface area contributed by atoms with Gasteiger partial charge >= 0.3 is 0 Å². The molecule has 1 atom stereocenters. The molecular formula is C14H13FN2. The van der Waals surface area contributed by atoms with E-state index in [1.165, 1.54) is 11.6 Å². The lowest BCUT2D eigenvalue weighted by Crippen LogP contribution is -2.07. The number of pyridine rings is 1. The van der Waals surface area contributed by atoms with Crippen molar-refractivity contribution in [2.75, 3.05) is 5.32 Å². The van der Waals surface area contributed by atoms with Gasteiger partial charge < -0.3 is 5.32 Å². The first-order chi connectivity index (χ1) is 8.33. The first-order valence-corrected chi connectivity index (χ1v) is 5.78. The molecule has 1 N–H and O–H groups in total. The first kappa shape index (κ1) is 10.3. The SMILES string of the molecule is Fc1ccc2c(c1)CCC2Nc1cccnc1. The van der Waals surface area contributed by atoms with Crippen molar-refractivity contribution in [3.63, 3.8) is 0 Å². The zero-order valence-corrected chi connectivity index (χ0v) is 9.36. The molecule has 3 heteroatoms. The third-order valence-electron chi connectivity index (χ3n) is 3.19. The summed E-state index contributed by atoms with van der Waals surface area (Å²) in [5.74, 6) is -0.147. The van der Waals surface area contributed by atoms with E-state index in [1.807, 2.05) is 24.4 Å². The number of fused-ring (bicyclic) bond motifs is 1. The summed E-state index contributed by atoms with van der Waals surface area (Å²) in [6.07, 6.45) is 5.50. The van der Waals surface area contributed by atoms with Gasteiger partial charge in [-0.15, -0.1) is 0 Å². The van der Waals surface area contributed by atoms with Gasteiger partial charge in [-0.05, 0) is 48.2 Å². The third-order valence-corrected chi connectivity index (χ3v) is 3.19. The molecule has 2 aromatic rings. The van der Waals surface area contributed by atoms with Crippen LogP contribution in [0.1, 0.15) is 23.6 Å². The molecule has 86 valence electrons. The summed E-state index contributed by atoms with van der Waals surface area (Å²) in [5.41, 5.74) is 3.33. The van der Waals surface area contributed by atoms with Crippen LogP contribution >= 0.6 is 0 Å². The lowest BCUT2D eigenvalue weighted by molar-refractivity contribution is 0.626. The third kappa shape index (κ3) is 2.00. The second-order valence-electron chi connectivity index (χ2n) is 4.32. The second-order valence-corrected chi connectivity index (χ2v) is 4.32. The van der Waals surface area contributed by atoms with Crippen molar-refractivity contribution in [3.05, 3.63) is 59.7 Å². The summed E-state index contributed by atoms with van der Waals surface area (Å²) in [6.45, 7) is 0. The van der Waals surface area contributed by atoms with Gasteiger partial charge in [-0.1, -0.05) is 6.07 Å². The van der Waals surface area contributed by atoms with Gasteiger partial charge in [0.25, 0.3) is 0 Å². The molecule has 0 radical (unpaired) electrons. The largest absolute Gasteiger partial charge is 0.377 e. The Morgan fingerprint density at radius 1 is 1.29 bits per heavy atom. The fourth-order valence-corrected chi connectivity index (χ4v) is 2.39. The second kappa shape index (κ2) is 4.17. The van der Waals surface area contributed by atoms with Crippen LogP contribution < -0.4 is 5.32 Å². The molecule has 0 saturated carbocycles. The average molecular weight is 228 g/mol. The summed E-state index contributed by atoms with van der Waals surface area (Å²) in [7, 11) is 0. The molecule has 1 aromatic carbocycles. The van der Waals surface area contributed by atoms with Crippen LogP contribution in [0.3, 0.4) is 0 Å². The Morgan fingerprint density at radius 3 is 3.06 bits per heavy atom. The van der Waals surface area contributed by atoms with Crippen LogP contribution in [0.4, 0.5) is 10.1 Å². The van der Waals surface area contributed by atoms with Gasteiger partial charge in [0.2, 0.25) is 0 Å². The first-order valence-electron chi connectivity index (χ1n) is 5.78. The molecule has 1 unspecified atom stereocenters. The Balaban J connectivity index is 1.85. The molecule has 1 aliphatic carbocycles. The van der Waals surface area contributed by atoms with Crippen LogP contribution in [0.25, 0.3) is 0 Å². The number of halogens is 1. The van der Waals surface area contributed by atoms with Gasteiger partial charge in [-0.25, -0.2) is 4.39 Å². The number of hydrogen-bond donors (Lipinski definition) is 1. The molecule has 0 bridgehead atoms. The van der Waals surface area contributed by atoms with E-state index >= 15 is 0 Å². The number of nitrogens with zero attached hydrogens (tertiary/aromatic N) is 1. The number of hydrogen-bond acceptors (Lipinski definition) is 2. The minimum Gasteiger partial charge on any atom is -0.377 e. The molecule has 0 aliphatic heterocycles. The van der Waals surface area contributed by atoms with Gasteiger partial charge in [0.05, 0.1) is 11.7 Å². The number of aromatic nitrogens is 1. The highest BCUT2D eigenvalue weighted by molar-refractivity contribution is 5.46. The Bertz CT molecular complexity index is 525. The number of benzene rings is 1. The molecule has 17 heavy (non-hydrogen) atoms. The van der Waals surface area contributed by atoms with Crippen molar-refractivity contribution >= 4 is 5.69 Å². The Morgan fingerprint density at radius 2 is 2.24 bits per heavy atom. The summed E-state index contributed by atoms with van der Waals surface area (Å²) >= 11 is 0. The van der Waals surface area contributed by atoms with Gasteiger partial charge in [0, 0.05) is 12.4 Å². The lowest BCUT2D eigenvalue weighted by atomic mass is 10.1. The van der Waals surface area contributed by atoms with Gasteiger partial charge in [-0.3, -0.25) is 4.98 Å². The zero-order valence-electron chi connectivity index (χ0n) is 9.36. The maximum Gasteiger partial charge on any atom is 0.123 e. The van der Waals surface area contributed by atoms with Crippen LogP contribution in [-0.2, 0) is 6.42 Å². The van der Waals surface area contributed by atoms with Crippen molar-refractivity contribution in [1.29, 1.82) is 0 Å². The Hall–Kier alpha value is -1.90. The topological polar surface area (TPSA) is 24.9 Å². The van der Waals surface area contributed by atoms with E-state index in [9.17, 15) is 4.39 Å². The van der Waals surface area contributed by atoms with Crippen LogP contribution in [0.15, 0.2) is 42.7 Å². The summed E-state index contributed by atoms with van der Waals surface area (Å²) < 4.78 is 13.1.